The summed E-state index contributed by atoms with van der Waals surface area (Å²) in [6, 6.07) is 10.4. The van der Waals surface area contributed by atoms with E-state index in [2.05, 4.69) is 10.6 Å². The van der Waals surface area contributed by atoms with E-state index in [1.807, 2.05) is 20.8 Å². The van der Waals surface area contributed by atoms with Crippen LogP contribution in [-0.2, 0) is 0 Å². The molecule has 0 heterocycles. The molecule has 24 heavy (non-hydrogen) atoms. The van der Waals surface area contributed by atoms with Gasteiger partial charge in [-0.1, -0.05) is 12.1 Å². The Labute approximate surface area is 140 Å². The third-order valence-corrected chi connectivity index (χ3v) is 3.17. The zero-order valence-electron chi connectivity index (χ0n) is 13.8. The van der Waals surface area contributed by atoms with Gasteiger partial charge in [0.25, 0.3) is 11.8 Å². The number of amides is 2. The van der Waals surface area contributed by atoms with Crippen molar-refractivity contribution in [2.24, 2.45) is 0 Å². The minimum Gasteiger partial charge on any atom is -0.396 e. The number of rotatable bonds is 3. The quantitative estimate of drug-likeness (QED) is 0.756. The van der Waals surface area contributed by atoms with Gasteiger partial charge in [-0.2, -0.15) is 0 Å². The molecule has 0 bridgehead atoms. The van der Waals surface area contributed by atoms with Gasteiger partial charge in [-0.05, 0) is 51.1 Å². The van der Waals surface area contributed by atoms with Crippen molar-refractivity contribution < 1.29 is 14.0 Å². The molecule has 0 fully saturated rings. The molecule has 0 atom stereocenters. The van der Waals surface area contributed by atoms with Crippen molar-refractivity contribution in [3.05, 3.63) is 59.4 Å². The Morgan fingerprint density at radius 3 is 2.33 bits per heavy atom. The Balaban J connectivity index is 2.25. The fourth-order valence-electron chi connectivity index (χ4n) is 2.08. The Morgan fingerprint density at radius 1 is 1.04 bits per heavy atom. The number of nitrogens with one attached hydrogen (secondary N) is 2. The molecule has 0 aromatic heterocycles. The SMILES string of the molecule is CC(C)(C)NC(=O)c1ccccc1NC(=O)c1ccc(F)c(N)c1. The van der Waals surface area contributed by atoms with Crippen molar-refractivity contribution in [3.8, 4) is 0 Å². The van der Waals surface area contributed by atoms with Gasteiger partial charge in [-0.25, -0.2) is 4.39 Å². The molecule has 2 aromatic rings. The van der Waals surface area contributed by atoms with Crippen molar-refractivity contribution >= 4 is 23.2 Å². The first-order valence-corrected chi connectivity index (χ1v) is 7.45. The summed E-state index contributed by atoms with van der Waals surface area (Å²) in [7, 11) is 0. The number of nitrogens with two attached hydrogens (primary N) is 1. The second kappa shape index (κ2) is 6.70. The summed E-state index contributed by atoms with van der Waals surface area (Å²) in [6.45, 7) is 5.61. The normalized spacial score (nSPS) is 11.0. The molecule has 6 heteroatoms. The molecule has 2 amide bonds. The molecule has 0 saturated heterocycles. The molecule has 0 aliphatic rings. The van der Waals surface area contributed by atoms with Gasteiger partial charge in [0, 0.05) is 11.1 Å². The fourth-order valence-corrected chi connectivity index (χ4v) is 2.08. The van der Waals surface area contributed by atoms with E-state index in [0.29, 0.717) is 11.3 Å². The van der Waals surface area contributed by atoms with Crippen molar-refractivity contribution in [2.45, 2.75) is 26.3 Å². The average molecular weight is 329 g/mol. The number of hydrogen-bond donors (Lipinski definition) is 3. The molecule has 0 spiro atoms. The van der Waals surface area contributed by atoms with E-state index in [0.717, 1.165) is 6.07 Å². The van der Waals surface area contributed by atoms with Gasteiger partial charge in [0.1, 0.15) is 5.82 Å². The zero-order chi connectivity index (χ0) is 17.9. The average Bonchev–Trinajstić information content (AvgIpc) is 2.48. The molecule has 126 valence electrons. The van der Waals surface area contributed by atoms with Crippen LogP contribution in [0.5, 0.6) is 0 Å². The Morgan fingerprint density at radius 2 is 1.71 bits per heavy atom. The predicted octanol–water partition coefficient (Wildman–Crippen LogP) is 3.19. The van der Waals surface area contributed by atoms with Crippen LogP contribution < -0.4 is 16.4 Å². The van der Waals surface area contributed by atoms with Crippen LogP contribution in [-0.4, -0.2) is 17.4 Å². The number of halogens is 1. The molecule has 0 aliphatic heterocycles. The third kappa shape index (κ3) is 4.32. The first-order chi connectivity index (χ1) is 11.2. The highest BCUT2D eigenvalue weighted by molar-refractivity contribution is 6.09. The topological polar surface area (TPSA) is 84.2 Å². The Bertz CT molecular complexity index is 782. The summed E-state index contributed by atoms with van der Waals surface area (Å²) in [5.74, 6) is -1.36. The van der Waals surface area contributed by atoms with Crippen molar-refractivity contribution in [1.82, 2.24) is 5.32 Å². The summed E-state index contributed by atoms with van der Waals surface area (Å²) in [6.07, 6.45) is 0. The van der Waals surface area contributed by atoms with Gasteiger partial charge in [-0.15, -0.1) is 0 Å². The highest BCUT2D eigenvalue weighted by atomic mass is 19.1. The number of anilines is 2. The van der Waals surface area contributed by atoms with Crippen LogP contribution in [0, 0.1) is 5.82 Å². The van der Waals surface area contributed by atoms with Gasteiger partial charge >= 0.3 is 0 Å². The second-order valence-electron chi connectivity index (χ2n) is 6.44. The van der Waals surface area contributed by atoms with Crippen LogP contribution >= 0.6 is 0 Å². The summed E-state index contributed by atoms with van der Waals surface area (Å²) >= 11 is 0. The summed E-state index contributed by atoms with van der Waals surface area (Å²) < 4.78 is 13.2. The molecule has 2 rings (SSSR count). The molecule has 4 N–H and O–H groups in total. The summed E-state index contributed by atoms with van der Waals surface area (Å²) in [4.78, 5) is 24.7. The minimum atomic E-state index is -0.587. The van der Waals surface area contributed by atoms with Crippen molar-refractivity contribution in [2.75, 3.05) is 11.1 Å². The van der Waals surface area contributed by atoms with E-state index in [-0.39, 0.29) is 17.2 Å². The van der Waals surface area contributed by atoms with Gasteiger partial charge < -0.3 is 16.4 Å². The summed E-state index contributed by atoms with van der Waals surface area (Å²) in [5, 5.41) is 5.51. The van der Waals surface area contributed by atoms with E-state index in [4.69, 9.17) is 5.73 Å². The smallest absolute Gasteiger partial charge is 0.255 e. The van der Waals surface area contributed by atoms with E-state index in [1.165, 1.54) is 12.1 Å². The number of carbonyl (C=O) groups is 2. The molecule has 5 nitrogen and oxygen atoms in total. The number of hydrogen-bond acceptors (Lipinski definition) is 3. The maximum atomic E-state index is 13.2. The third-order valence-electron chi connectivity index (χ3n) is 3.17. The lowest BCUT2D eigenvalue weighted by Gasteiger charge is -2.21. The molecule has 0 aliphatic carbocycles. The van der Waals surface area contributed by atoms with Gasteiger partial charge in [0.15, 0.2) is 0 Å². The number of nitrogen functional groups attached to an aromatic ring is 1. The largest absolute Gasteiger partial charge is 0.396 e. The van der Waals surface area contributed by atoms with Crippen LogP contribution in [0.4, 0.5) is 15.8 Å². The Hall–Kier alpha value is -2.89. The fraction of sp³-hybridized carbons (Fsp3) is 0.222. The zero-order valence-corrected chi connectivity index (χ0v) is 13.8. The first-order valence-electron chi connectivity index (χ1n) is 7.45. The highest BCUT2D eigenvalue weighted by Crippen LogP contribution is 2.19. The van der Waals surface area contributed by atoms with Crippen molar-refractivity contribution in [3.63, 3.8) is 0 Å². The molecular formula is C18H20FN3O2. The number of carbonyl (C=O) groups excluding carboxylic acids is 2. The lowest BCUT2D eigenvalue weighted by molar-refractivity contribution is 0.0920. The predicted molar refractivity (Wildman–Crippen MR) is 92.4 cm³/mol. The lowest BCUT2D eigenvalue weighted by Crippen LogP contribution is -2.40. The maximum Gasteiger partial charge on any atom is 0.255 e. The van der Waals surface area contributed by atoms with E-state index in [9.17, 15) is 14.0 Å². The number of benzene rings is 2. The van der Waals surface area contributed by atoms with Crippen LogP contribution in [0.25, 0.3) is 0 Å². The maximum absolute atomic E-state index is 13.2. The van der Waals surface area contributed by atoms with E-state index >= 15 is 0 Å². The first kappa shape index (κ1) is 17.5. The van der Waals surface area contributed by atoms with Crippen LogP contribution in [0.3, 0.4) is 0 Å². The molecular weight excluding hydrogens is 309 g/mol. The lowest BCUT2D eigenvalue weighted by atomic mass is 10.1. The summed E-state index contributed by atoms with van der Waals surface area (Å²) in [5.41, 5.74) is 5.89. The van der Waals surface area contributed by atoms with Crippen LogP contribution in [0.1, 0.15) is 41.5 Å². The second-order valence-corrected chi connectivity index (χ2v) is 6.44. The van der Waals surface area contributed by atoms with Gasteiger partial charge in [0.2, 0.25) is 0 Å². The molecule has 0 unspecified atom stereocenters. The highest BCUT2D eigenvalue weighted by Gasteiger charge is 2.19. The monoisotopic (exact) mass is 329 g/mol. The van der Waals surface area contributed by atoms with Crippen molar-refractivity contribution in [1.29, 1.82) is 0 Å². The standard InChI is InChI=1S/C18H20FN3O2/c1-18(2,3)22-17(24)12-6-4-5-7-15(12)21-16(23)11-8-9-13(19)14(20)10-11/h4-10H,20H2,1-3H3,(H,21,23)(H,22,24). The van der Waals surface area contributed by atoms with E-state index < -0.39 is 17.3 Å². The van der Waals surface area contributed by atoms with E-state index in [1.54, 1.807) is 24.3 Å². The van der Waals surface area contributed by atoms with Gasteiger partial charge in [-0.3, -0.25) is 9.59 Å². The molecule has 2 aromatic carbocycles. The Kier molecular flexibility index (Phi) is 4.87. The van der Waals surface area contributed by atoms with Crippen LogP contribution in [0.2, 0.25) is 0 Å². The minimum absolute atomic E-state index is 0.110. The number of para-hydroxylation sites is 1. The van der Waals surface area contributed by atoms with Gasteiger partial charge in [0.05, 0.1) is 16.9 Å². The molecule has 0 saturated carbocycles. The van der Waals surface area contributed by atoms with Crippen LogP contribution in [0.15, 0.2) is 42.5 Å². The molecule has 0 radical (unpaired) electrons.